The molecule has 9 heteroatoms. The van der Waals surface area contributed by atoms with Gasteiger partial charge in [-0.1, -0.05) is 20.8 Å². The summed E-state index contributed by atoms with van der Waals surface area (Å²) < 4.78 is 25.6. The Labute approximate surface area is 129 Å². The number of nitrogens with one attached hydrogen (secondary N) is 2. The average molecular weight is 331 g/mol. The highest BCUT2D eigenvalue weighted by Crippen LogP contribution is 2.31. The first-order valence-corrected chi connectivity index (χ1v) is 8.10. The smallest absolute Gasteiger partial charge is 0.293 e. The molecule has 0 radical (unpaired) electrons. The minimum atomic E-state index is -3.77. The van der Waals surface area contributed by atoms with E-state index >= 15 is 0 Å². The van der Waals surface area contributed by atoms with Crippen molar-refractivity contribution in [3.05, 3.63) is 28.3 Å². The van der Waals surface area contributed by atoms with Crippen molar-refractivity contribution in [3.63, 3.8) is 0 Å². The van der Waals surface area contributed by atoms with Crippen molar-refractivity contribution in [3.8, 4) is 0 Å². The lowest BCUT2D eigenvalue weighted by Gasteiger charge is -2.30. The van der Waals surface area contributed by atoms with Crippen molar-refractivity contribution in [1.29, 1.82) is 0 Å². The Hall–Kier alpha value is -1.71. The second kappa shape index (κ2) is 6.59. The average Bonchev–Trinajstić information content (AvgIpc) is 2.43. The molecule has 0 aromatic heterocycles. The van der Waals surface area contributed by atoms with Crippen molar-refractivity contribution in [2.24, 2.45) is 5.41 Å². The van der Waals surface area contributed by atoms with Gasteiger partial charge in [-0.25, -0.2) is 13.1 Å². The molecule has 0 heterocycles. The van der Waals surface area contributed by atoms with E-state index in [9.17, 15) is 23.6 Å². The fraction of sp³-hybridized carbons (Fsp3) is 0.538. The van der Waals surface area contributed by atoms with Gasteiger partial charge in [-0.3, -0.25) is 10.1 Å². The highest BCUT2D eigenvalue weighted by Gasteiger charge is 2.27. The van der Waals surface area contributed by atoms with E-state index in [4.69, 9.17) is 0 Å². The lowest BCUT2D eigenvalue weighted by molar-refractivity contribution is -0.384. The van der Waals surface area contributed by atoms with E-state index in [1.807, 2.05) is 20.8 Å². The number of aliphatic hydroxyl groups excluding tert-OH is 1. The van der Waals surface area contributed by atoms with Crippen LogP contribution in [0.1, 0.15) is 20.8 Å². The Bertz CT molecular complexity index is 652. The molecule has 0 aliphatic carbocycles. The monoisotopic (exact) mass is 331 g/mol. The van der Waals surface area contributed by atoms with Crippen LogP contribution in [0.2, 0.25) is 0 Å². The molecule has 1 aromatic rings. The van der Waals surface area contributed by atoms with E-state index in [0.717, 1.165) is 6.07 Å². The summed E-state index contributed by atoms with van der Waals surface area (Å²) in [6.07, 6.45) is 0. The molecule has 0 unspecified atom stereocenters. The number of nitrogens with zero attached hydrogens (tertiary/aromatic N) is 1. The maximum absolute atomic E-state index is 11.7. The van der Waals surface area contributed by atoms with Crippen LogP contribution in [-0.2, 0) is 10.0 Å². The van der Waals surface area contributed by atoms with Crippen LogP contribution < -0.4 is 10.0 Å². The van der Waals surface area contributed by atoms with Gasteiger partial charge in [-0.2, -0.15) is 0 Å². The zero-order valence-electron chi connectivity index (χ0n) is 13.0. The quantitative estimate of drug-likeness (QED) is 0.534. The molecule has 8 nitrogen and oxygen atoms in total. The lowest BCUT2D eigenvalue weighted by Crippen LogP contribution is -2.37. The van der Waals surface area contributed by atoms with E-state index in [-0.39, 0.29) is 28.3 Å². The number of hydrogen-bond acceptors (Lipinski definition) is 6. The molecule has 1 aromatic carbocycles. The van der Waals surface area contributed by atoms with Gasteiger partial charge in [0.05, 0.1) is 22.5 Å². The molecule has 0 amide bonds. The van der Waals surface area contributed by atoms with Gasteiger partial charge in [0.15, 0.2) is 0 Å². The molecule has 1 rings (SSSR count). The number of rotatable bonds is 6. The first-order chi connectivity index (χ1) is 10.0. The van der Waals surface area contributed by atoms with Gasteiger partial charge in [-0.15, -0.1) is 0 Å². The largest absolute Gasteiger partial charge is 0.394 e. The van der Waals surface area contributed by atoms with Crippen molar-refractivity contribution in [1.82, 2.24) is 4.72 Å². The van der Waals surface area contributed by atoms with E-state index in [1.165, 1.54) is 19.2 Å². The van der Waals surface area contributed by atoms with Crippen LogP contribution in [0.25, 0.3) is 0 Å². The topological polar surface area (TPSA) is 122 Å². The predicted molar refractivity (Wildman–Crippen MR) is 83.3 cm³/mol. The van der Waals surface area contributed by atoms with E-state index in [0.29, 0.717) is 0 Å². The number of hydrogen-bond donors (Lipinski definition) is 3. The number of nitro benzene ring substituents is 1. The number of anilines is 1. The van der Waals surface area contributed by atoms with Crippen LogP contribution in [0, 0.1) is 15.5 Å². The first-order valence-electron chi connectivity index (χ1n) is 6.62. The maximum Gasteiger partial charge on any atom is 0.293 e. The summed E-state index contributed by atoms with van der Waals surface area (Å²) >= 11 is 0. The molecule has 0 aliphatic heterocycles. The van der Waals surface area contributed by atoms with Crippen LogP contribution in [0.15, 0.2) is 23.1 Å². The van der Waals surface area contributed by atoms with Gasteiger partial charge in [0.2, 0.25) is 10.0 Å². The predicted octanol–water partition coefficient (Wildman–Crippen LogP) is 1.32. The van der Waals surface area contributed by atoms with Crippen LogP contribution in [0.3, 0.4) is 0 Å². The molecular weight excluding hydrogens is 310 g/mol. The molecule has 0 aliphatic rings. The number of benzene rings is 1. The van der Waals surface area contributed by atoms with Crippen molar-refractivity contribution in [2.75, 3.05) is 19.0 Å². The highest BCUT2D eigenvalue weighted by atomic mass is 32.2. The van der Waals surface area contributed by atoms with Gasteiger partial charge in [-0.05, 0) is 24.6 Å². The van der Waals surface area contributed by atoms with Crippen LogP contribution in [0.5, 0.6) is 0 Å². The Morgan fingerprint density at radius 2 is 1.95 bits per heavy atom. The summed E-state index contributed by atoms with van der Waals surface area (Å²) in [4.78, 5) is 10.3. The van der Waals surface area contributed by atoms with Gasteiger partial charge in [0, 0.05) is 6.07 Å². The summed E-state index contributed by atoms with van der Waals surface area (Å²) in [5.41, 5.74) is -0.536. The van der Waals surface area contributed by atoms with Crippen LogP contribution >= 0.6 is 0 Å². The summed E-state index contributed by atoms with van der Waals surface area (Å²) in [5.74, 6) is 0. The molecule has 0 saturated heterocycles. The molecule has 0 fully saturated rings. The van der Waals surface area contributed by atoms with E-state index in [1.54, 1.807) is 0 Å². The fourth-order valence-electron chi connectivity index (χ4n) is 1.79. The van der Waals surface area contributed by atoms with Crippen molar-refractivity contribution < 1.29 is 18.4 Å². The molecule has 3 N–H and O–H groups in total. The third-order valence-electron chi connectivity index (χ3n) is 3.30. The minimum Gasteiger partial charge on any atom is -0.394 e. The normalized spacial score (nSPS) is 13.7. The van der Waals surface area contributed by atoms with Gasteiger partial charge in [0.1, 0.15) is 5.69 Å². The molecule has 0 bridgehead atoms. The summed E-state index contributed by atoms with van der Waals surface area (Å²) in [6.45, 7) is 5.43. The number of sulfonamides is 1. The van der Waals surface area contributed by atoms with Crippen LogP contribution in [0.4, 0.5) is 11.4 Å². The Morgan fingerprint density at radius 3 is 2.36 bits per heavy atom. The molecular formula is C13H21N3O5S. The summed E-state index contributed by atoms with van der Waals surface area (Å²) in [5, 5.41) is 23.5. The molecule has 1 atom stereocenters. The zero-order chi connectivity index (χ0) is 17.1. The molecule has 124 valence electrons. The number of aliphatic hydroxyl groups is 1. The molecule has 22 heavy (non-hydrogen) atoms. The summed E-state index contributed by atoms with van der Waals surface area (Å²) in [7, 11) is -2.53. The Balaban J connectivity index is 3.30. The maximum atomic E-state index is 11.7. The number of nitro groups is 1. The van der Waals surface area contributed by atoms with Crippen molar-refractivity contribution in [2.45, 2.75) is 31.7 Å². The molecule has 0 saturated carbocycles. The Morgan fingerprint density at radius 1 is 1.36 bits per heavy atom. The standard InChI is InChI=1S/C13H21N3O5S/c1-13(2,3)12(8-17)15-10-6-5-9(22(20,21)14-4)7-11(10)16(18)19/h5-7,12,14-15,17H,8H2,1-4H3/t12-/m1/s1. The fourth-order valence-corrected chi connectivity index (χ4v) is 2.54. The van der Waals surface area contributed by atoms with Gasteiger partial charge in [0.25, 0.3) is 5.69 Å². The van der Waals surface area contributed by atoms with Gasteiger partial charge >= 0.3 is 0 Å². The van der Waals surface area contributed by atoms with Crippen LogP contribution in [-0.4, -0.2) is 38.1 Å². The highest BCUT2D eigenvalue weighted by molar-refractivity contribution is 7.89. The summed E-state index contributed by atoms with van der Waals surface area (Å²) in [6, 6.07) is 3.18. The third-order valence-corrected chi connectivity index (χ3v) is 4.71. The molecule has 0 spiro atoms. The SMILES string of the molecule is CNS(=O)(=O)c1ccc(N[C@H](CO)C(C)(C)C)c([N+](=O)[O-])c1. The lowest BCUT2D eigenvalue weighted by atomic mass is 9.87. The first kappa shape index (κ1) is 18.3. The second-order valence-corrected chi connectivity index (χ2v) is 7.78. The third kappa shape index (κ3) is 4.15. The van der Waals surface area contributed by atoms with Gasteiger partial charge < -0.3 is 10.4 Å². The van der Waals surface area contributed by atoms with E-state index < -0.39 is 21.0 Å². The van der Waals surface area contributed by atoms with Crippen molar-refractivity contribution >= 4 is 21.4 Å². The zero-order valence-corrected chi connectivity index (χ0v) is 13.8. The van der Waals surface area contributed by atoms with E-state index in [2.05, 4.69) is 10.0 Å². The Kier molecular flexibility index (Phi) is 5.49. The minimum absolute atomic E-state index is 0.161. The second-order valence-electron chi connectivity index (χ2n) is 5.89.